The zero-order valence-electron chi connectivity index (χ0n) is 24.4. The van der Waals surface area contributed by atoms with E-state index in [1.807, 2.05) is 0 Å². The molecule has 2 N–H and O–H groups in total. The fourth-order valence-corrected chi connectivity index (χ4v) is 6.89. The highest BCUT2D eigenvalue weighted by atomic mass is 79.9. The monoisotopic (exact) mass is 675 g/mol. The lowest BCUT2D eigenvalue weighted by Gasteiger charge is -2.29. The third-order valence-corrected chi connectivity index (χ3v) is 9.06. The average Bonchev–Trinajstić information content (AvgIpc) is 3.51. The SMILES string of the molecule is COc1nc(N2CCOCC(C)(O)C2)c2cnc(-c3cc(O)cc4ccc(F)c(Br)c34)c(F)c2n1.FC1CC2CCCN2C1. The summed E-state index contributed by atoms with van der Waals surface area (Å²) in [6.07, 6.45) is 4.24. The van der Waals surface area contributed by atoms with Gasteiger partial charge >= 0.3 is 6.01 Å². The fourth-order valence-electron chi connectivity index (χ4n) is 6.32. The van der Waals surface area contributed by atoms with E-state index < -0.39 is 23.4 Å². The third-order valence-electron chi connectivity index (χ3n) is 8.28. The van der Waals surface area contributed by atoms with E-state index in [1.54, 1.807) is 11.8 Å². The standard InChI is InChI=1S/C24H21BrF2N4O4.C7H12FN/c1-24(33)10-31(5-6-35-11-24)22-15-9-28-20(19(27)21(15)29-23(30-22)34-2)14-8-13(32)7-12-3-4-16(26)18(25)17(12)14;8-6-4-7-2-1-3-9(7)5-6/h3-4,7-9,32-33H,5-6,10-11H2,1-2H3;6-7H,1-5H2. The molecule has 3 saturated heterocycles. The van der Waals surface area contributed by atoms with Crippen molar-refractivity contribution in [1.29, 1.82) is 0 Å². The molecule has 3 fully saturated rings. The van der Waals surface area contributed by atoms with Crippen molar-refractivity contribution in [2.75, 3.05) is 51.4 Å². The van der Waals surface area contributed by atoms with Crippen LogP contribution in [0.25, 0.3) is 32.9 Å². The quantitative estimate of drug-likeness (QED) is 0.296. The lowest BCUT2D eigenvalue weighted by Crippen LogP contribution is -2.42. The van der Waals surface area contributed by atoms with Crippen molar-refractivity contribution in [2.24, 2.45) is 0 Å². The van der Waals surface area contributed by atoms with Gasteiger partial charge in [-0.15, -0.1) is 0 Å². The third kappa shape index (κ3) is 6.02. The Morgan fingerprint density at radius 3 is 2.77 bits per heavy atom. The molecule has 234 valence electrons. The summed E-state index contributed by atoms with van der Waals surface area (Å²) in [6.45, 7) is 4.58. The number of hydrogen-bond acceptors (Lipinski definition) is 9. The molecule has 3 aliphatic heterocycles. The van der Waals surface area contributed by atoms with Gasteiger partial charge in [-0.05, 0) is 72.2 Å². The van der Waals surface area contributed by atoms with Gasteiger partial charge in [0.05, 0.1) is 36.7 Å². The number of hydrogen-bond donors (Lipinski definition) is 2. The van der Waals surface area contributed by atoms with E-state index in [2.05, 4.69) is 35.8 Å². The number of benzene rings is 2. The molecular formula is C31H33BrF3N5O4. The molecule has 0 aliphatic carbocycles. The predicted octanol–water partition coefficient (Wildman–Crippen LogP) is 5.38. The second kappa shape index (κ2) is 12.3. The van der Waals surface area contributed by atoms with E-state index in [0.717, 1.165) is 13.0 Å². The number of anilines is 1. The van der Waals surface area contributed by atoms with E-state index >= 15 is 4.39 Å². The van der Waals surface area contributed by atoms with Crippen molar-refractivity contribution in [3.8, 4) is 23.0 Å². The molecule has 3 aliphatic rings. The second-order valence-electron chi connectivity index (χ2n) is 11.8. The summed E-state index contributed by atoms with van der Waals surface area (Å²) in [5, 5.41) is 22.0. The van der Waals surface area contributed by atoms with Gasteiger partial charge < -0.3 is 24.6 Å². The second-order valence-corrected chi connectivity index (χ2v) is 12.6. The Kier molecular flexibility index (Phi) is 8.57. The minimum absolute atomic E-state index is 0.0642. The summed E-state index contributed by atoms with van der Waals surface area (Å²) in [6, 6.07) is 6.07. The first-order chi connectivity index (χ1) is 21.0. The molecule has 2 aromatic carbocycles. The van der Waals surface area contributed by atoms with Crippen molar-refractivity contribution in [2.45, 2.75) is 44.0 Å². The average molecular weight is 677 g/mol. The Labute approximate surface area is 260 Å². The Balaban J connectivity index is 0.000000323. The summed E-state index contributed by atoms with van der Waals surface area (Å²) in [4.78, 5) is 17.0. The number of β-amino-alcohol motifs (C(OH)–C–C–N with tert-alkyl or cyclic N) is 1. The zero-order valence-corrected chi connectivity index (χ0v) is 26.0. The number of ether oxygens (including phenoxy) is 2. The number of phenolic OH excluding ortho intramolecular Hbond substituents is 1. The topological polar surface area (TPSA) is 104 Å². The first-order valence-corrected chi connectivity index (χ1v) is 15.3. The van der Waals surface area contributed by atoms with Crippen molar-refractivity contribution >= 4 is 43.4 Å². The molecule has 2 aromatic heterocycles. The maximum atomic E-state index is 16.1. The van der Waals surface area contributed by atoms with Gasteiger partial charge in [-0.2, -0.15) is 9.97 Å². The van der Waals surface area contributed by atoms with Gasteiger partial charge in [-0.3, -0.25) is 9.88 Å². The Hall–Kier alpha value is -3.26. The van der Waals surface area contributed by atoms with E-state index in [-0.39, 0.29) is 46.2 Å². The van der Waals surface area contributed by atoms with Crippen LogP contribution in [0.1, 0.15) is 26.2 Å². The highest BCUT2D eigenvalue weighted by Crippen LogP contribution is 2.40. The molecule has 0 bridgehead atoms. The highest BCUT2D eigenvalue weighted by molar-refractivity contribution is 9.10. The van der Waals surface area contributed by atoms with Crippen molar-refractivity contribution < 1.29 is 32.9 Å². The van der Waals surface area contributed by atoms with Crippen LogP contribution in [0.3, 0.4) is 0 Å². The van der Waals surface area contributed by atoms with Crippen molar-refractivity contribution in [1.82, 2.24) is 19.9 Å². The number of aromatic hydroxyl groups is 1. The Morgan fingerprint density at radius 1 is 1.18 bits per heavy atom. The molecule has 7 rings (SSSR count). The number of aromatic nitrogens is 3. The van der Waals surface area contributed by atoms with Gasteiger partial charge in [0, 0.05) is 36.3 Å². The normalized spacial score (nSPS) is 23.8. The number of nitrogens with zero attached hydrogens (tertiary/aromatic N) is 5. The van der Waals surface area contributed by atoms with E-state index in [9.17, 15) is 19.0 Å². The highest BCUT2D eigenvalue weighted by Gasteiger charge is 2.35. The van der Waals surface area contributed by atoms with Crippen LogP contribution >= 0.6 is 15.9 Å². The molecule has 9 nitrogen and oxygen atoms in total. The largest absolute Gasteiger partial charge is 0.508 e. The number of fused-ring (bicyclic) bond motifs is 3. The molecule has 13 heteroatoms. The lowest BCUT2D eigenvalue weighted by atomic mass is 10.00. The number of aliphatic hydroxyl groups is 1. The zero-order chi connectivity index (χ0) is 31.2. The molecule has 0 radical (unpaired) electrons. The molecule has 4 aromatic rings. The molecule has 3 unspecified atom stereocenters. The van der Waals surface area contributed by atoms with E-state index in [1.165, 1.54) is 50.4 Å². The Bertz CT molecular complexity index is 1700. The van der Waals surface area contributed by atoms with Crippen LogP contribution in [0.4, 0.5) is 19.0 Å². The first-order valence-electron chi connectivity index (χ1n) is 14.5. The molecule has 0 amide bonds. The van der Waals surface area contributed by atoms with Gasteiger partial charge in [0.2, 0.25) is 0 Å². The summed E-state index contributed by atoms with van der Waals surface area (Å²) in [7, 11) is 1.37. The van der Waals surface area contributed by atoms with Crippen LogP contribution in [0.2, 0.25) is 0 Å². The van der Waals surface area contributed by atoms with Crippen LogP contribution < -0.4 is 9.64 Å². The smallest absolute Gasteiger partial charge is 0.318 e. The molecular weight excluding hydrogens is 643 g/mol. The van der Waals surface area contributed by atoms with Gasteiger partial charge in [0.15, 0.2) is 5.82 Å². The van der Waals surface area contributed by atoms with Gasteiger partial charge in [0.25, 0.3) is 0 Å². The maximum absolute atomic E-state index is 16.1. The number of methoxy groups -OCH3 is 1. The summed E-state index contributed by atoms with van der Waals surface area (Å²) >= 11 is 3.24. The van der Waals surface area contributed by atoms with Gasteiger partial charge in [0.1, 0.15) is 40.4 Å². The summed E-state index contributed by atoms with van der Waals surface area (Å²) in [5.74, 6) is -1.11. The van der Waals surface area contributed by atoms with Crippen LogP contribution in [0, 0.1) is 11.6 Å². The number of halogens is 4. The van der Waals surface area contributed by atoms with Crippen molar-refractivity contribution in [3.63, 3.8) is 0 Å². The summed E-state index contributed by atoms with van der Waals surface area (Å²) in [5.41, 5.74) is -1.15. The number of pyridine rings is 1. The molecule has 3 atom stereocenters. The molecule has 5 heterocycles. The van der Waals surface area contributed by atoms with Crippen LogP contribution in [-0.4, -0.2) is 94.4 Å². The number of phenols is 1. The van der Waals surface area contributed by atoms with Crippen LogP contribution in [0.15, 0.2) is 34.9 Å². The fraction of sp³-hybridized carbons (Fsp3) is 0.452. The summed E-state index contributed by atoms with van der Waals surface area (Å²) < 4.78 is 53.9. The molecule has 0 saturated carbocycles. The minimum atomic E-state index is -1.15. The Morgan fingerprint density at radius 2 is 2.00 bits per heavy atom. The molecule has 0 spiro atoms. The van der Waals surface area contributed by atoms with E-state index in [4.69, 9.17) is 9.47 Å². The minimum Gasteiger partial charge on any atom is -0.508 e. The van der Waals surface area contributed by atoms with Gasteiger partial charge in [-0.25, -0.2) is 13.2 Å². The predicted molar refractivity (Wildman–Crippen MR) is 164 cm³/mol. The van der Waals surface area contributed by atoms with Crippen molar-refractivity contribution in [3.05, 3.63) is 46.6 Å². The number of alkyl halides is 1. The maximum Gasteiger partial charge on any atom is 0.318 e. The van der Waals surface area contributed by atoms with Crippen LogP contribution in [-0.2, 0) is 4.74 Å². The molecule has 44 heavy (non-hydrogen) atoms. The lowest BCUT2D eigenvalue weighted by molar-refractivity contribution is -0.0123. The number of rotatable bonds is 3. The van der Waals surface area contributed by atoms with E-state index in [0.29, 0.717) is 47.7 Å². The van der Waals surface area contributed by atoms with Gasteiger partial charge in [-0.1, -0.05) is 6.07 Å². The van der Waals surface area contributed by atoms with Crippen LogP contribution in [0.5, 0.6) is 11.8 Å². The first kappa shape index (κ1) is 30.8.